The van der Waals surface area contributed by atoms with E-state index in [9.17, 15) is 4.79 Å². The molecule has 0 aliphatic rings. The third kappa shape index (κ3) is 5.94. The number of benzene rings is 3. The van der Waals surface area contributed by atoms with Crippen LogP contribution in [0.2, 0.25) is 0 Å². The molecule has 188 valence electrons. The quantitative estimate of drug-likeness (QED) is 0.304. The maximum atomic E-state index is 13.0. The second-order valence-corrected chi connectivity index (χ2v) is 9.72. The molecule has 0 bridgehead atoms. The van der Waals surface area contributed by atoms with Crippen molar-refractivity contribution in [1.29, 1.82) is 0 Å². The Morgan fingerprint density at radius 2 is 1.70 bits per heavy atom. The van der Waals surface area contributed by atoms with E-state index in [-0.39, 0.29) is 11.8 Å². The lowest BCUT2D eigenvalue weighted by Gasteiger charge is -2.17. The number of tetrazole rings is 1. The summed E-state index contributed by atoms with van der Waals surface area (Å²) in [6.45, 7) is 3.60. The minimum atomic E-state index is 0.115. The van der Waals surface area contributed by atoms with Crippen molar-refractivity contribution in [3.8, 4) is 0 Å². The summed E-state index contributed by atoms with van der Waals surface area (Å²) in [6.07, 6.45) is 4.24. The lowest BCUT2D eigenvalue weighted by atomic mass is 9.98. The Bertz CT molecular complexity index is 1440. The number of nitrogens with zero attached hydrogens (tertiary/aromatic N) is 5. The number of amides is 1. The molecule has 0 radical (unpaired) electrons. The van der Waals surface area contributed by atoms with Crippen molar-refractivity contribution in [2.24, 2.45) is 0 Å². The molecule has 1 unspecified atom stereocenters. The van der Waals surface area contributed by atoms with E-state index in [2.05, 4.69) is 92.9 Å². The lowest BCUT2D eigenvalue weighted by Crippen LogP contribution is -2.30. The SMILES string of the molecule is CC(Cc1cn(Cc2ccccc2)c2ccc(CC(=O)N(C)CCc3ccccc3)cc12)c1nn[nH]n1. The normalized spacial score (nSPS) is 12.1. The van der Waals surface area contributed by atoms with Crippen molar-refractivity contribution in [2.75, 3.05) is 13.6 Å². The van der Waals surface area contributed by atoms with Crippen LogP contribution < -0.4 is 0 Å². The summed E-state index contributed by atoms with van der Waals surface area (Å²) < 4.78 is 2.29. The molecule has 1 N–H and O–H groups in total. The summed E-state index contributed by atoms with van der Waals surface area (Å²) >= 11 is 0. The Hall–Kier alpha value is -4.26. The highest BCUT2D eigenvalue weighted by Crippen LogP contribution is 2.28. The van der Waals surface area contributed by atoms with E-state index >= 15 is 0 Å². The standard InChI is InChI=1S/C30H32N6O/c1-22(30-31-33-34-32-30)17-26-21-36(20-24-11-7-4-8-12-24)28-14-13-25(18-27(26)28)19-29(37)35(2)16-15-23-9-5-3-6-10-23/h3-14,18,21-22H,15-17,19-20H2,1-2H3,(H,31,32,33,34). The largest absolute Gasteiger partial charge is 0.345 e. The molecule has 2 heterocycles. The number of carbonyl (C=O) groups is 1. The summed E-state index contributed by atoms with van der Waals surface area (Å²) in [5.74, 6) is 0.944. The van der Waals surface area contributed by atoms with Gasteiger partial charge in [-0.2, -0.15) is 5.21 Å². The van der Waals surface area contributed by atoms with Crippen molar-refractivity contribution in [2.45, 2.75) is 38.6 Å². The van der Waals surface area contributed by atoms with Crippen LogP contribution in [0.25, 0.3) is 10.9 Å². The van der Waals surface area contributed by atoms with E-state index in [4.69, 9.17) is 0 Å². The van der Waals surface area contributed by atoms with Crippen LogP contribution in [-0.2, 0) is 30.6 Å². The average molecular weight is 493 g/mol. The van der Waals surface area contributed by atoms with Crippen LogP contribution in [0.1, 0.15) is 40.9 Å². The third-order valence-electron chi connectivity index (χ3n) is 6.91. The highest BCUT2D eigenvalue weighted by atomic mass is 16.2. The Balaban J connectivity index is 1.37. The number of fused-ring (bicyclic) bond motifs is 1. The van der Waals surface area contributed by atoms with Gasteiger partial charge in [-0.3, -0.25) is 4.79 Å². The van der Waals surface area contributed by atoms with Gasteiger partial charge in [0, 0.05) is 43.2 Å². The first-order valence-electron chi connectivity index (χ1n) is 12.7. The van der Waals surface area contributed by atoms with Gasteiger partial charge in [0.15, 0.2) is 5.82 Å². The number of hydrogen-bond acceptors (Lipinski definition) is 4. The van der Waals surface area contributed by atoms with Crippen LogP contribution in [0.4, 0.5) is 0 Å². The number of rotatable bonds is 10. The van der Waals surface area contributed by atoms with Gasteiger partial charge in [-0.05, 0) is 47.2 Å². The monoisotopic (exact) mass is 492 g/mol. The van der Waals surface area contributed by atoms with E-state index in [1.165, 1.54) is 22.1 Å². The predicted octanol–water partition coefficient (Wildman–Crippen LogP) is 4.79. The van der Waals surface area contributed by atoms with E-state index < -0.39 is 0 Å². The molecule has 0 spiro atoms. The summed E-state index contributed by atoms with van der Waals surface area (Å²) in [5, 5.41) is 15.8. The molecular formula is C30H32N6O. The first-order chi connectivity index (χ1) is 18.1. The zero-order valence-electron chi connectivity index (χ0n) is 21.3. The summed E-state index contributed by atoms with van der Waals surface area (Å²) in [7, 11) is 1.89. The topological polar surface area (TPSA) is 79.7 Å². The van der Waals surface area contributed by atoms with Gasteiger partial charge in [0.2, 0.25) is 5.91 Å². The Morgan fingerprint density at radius 1 is 0.973 bits per heavy atom. The van der Waals surface area contributed by atoms with Gasteiger partial charge in [0.25, 0.3) is 0 Å². The average Bonchev–Trinajstić information content (AvgIpc) is 3.57. The Labute approximate surface area is 217 Å². The number of carbonyl (C=O) groups excluding carboxylic acids is 1. The van der Waals surface area contributed by atoms with Gasteiger partial charge in [0.05, 0.1) is 6.42 Å². The zero-order chi connectivity index (χ0) is 25.6. The summed E-state index contributed by atoms with van der Waals surface area (Å²) in [5.41, 5.74) is 5.89. The van der Waals surface area contributed by atoms with Crippen molar-refractivity contribution < 1.29 is 4.79 Å². The van der Waals surface area contributed by atoms with Crippen LogP contribution in [0.15, 0.2) is 85.1 Å². The van der Waals surface area contributed by atoms with Crippen molar-refractivity contribution in [1.82, 2.24) is 30.1 Å². The number of nitrogens with one attached hydrogen (secondary N) is 1. The number of aromatic amines is 1. The smallest absolute Gasteiger partial charge is 0.226 e. The molecule has 0 aliphatic carbocycles. The fourth-order valence-corrected chi connectivity index (χ4v) is 4.78. The zero-order valence-corrected chi connectivity index (χ0v) is 21.3. The molecule has 5 rings (SSSR count). The van der Waals surface area contributed by atoms with Crippen molar-refractivity contribution >= 4 is 16.8 Å². The summed E-state index contributed by atoms with van der Waals surface area (Å²) in [4.78, 5) is 14.9. The molecule has 2 aromatic heterocycles. The van der Waals surface area contributed by atoms with Gasteiger partial charge < -0.3 is 9.47 Å². The van der Waals surface area contributed by atoms with Crippen LogP contribution >= 0.6 is 0 Å². The van der Waals surface area contributed by atoms with Crippen molar-refractivity contribution in [3.05, 3.63) is 113 Å². The third-order valence-corrected chi connectivity index (χ3v) is 6.91. The Morgan fingerprint density at radius 3 is 2.41 bits per heavy atom. The van der Waals surface area contributed by atoms with E-state index in [1.54, 1.807) is 0 Å². The molecule has 3 aromatic carbocycles. The van der Waals surface area contributed by atoms with Gasteiger partial charge in [-0.15, -0.1) is 10.2 Å². The molecule has 0 aliphatic heterocycles. The highest BCUT2D eigenvalue weighted by Gasteiger charge is 2.17. The Kier molecular flexibility index (Phi) is 7.40. The summed E-state index contributed by atoms with van der Waals surface area (Å²) in [6, 6.07) is 27.2. The van der Waals surface area contributed by atoms with Gasteiger partial charge in [0.1, 0.15) is 0 Å². The first kappa shape index (κ1) is 24.4. The molecule has 7 nitrogen and oxygen atoms in total. The van der Waals surface area contributed by atoms with Crippen LogP contribution in [-0.4, -0.2) is 49.6 Å². The maximum Gasteiger partial charge on any atom is 0.226 e. The molecule has 7 heteroatoms. The van der Waals surface area contributed by atoms with Crippen molar-refractivity contribution in [3.63, 3.8) is 0 Å². The molecule has 5 aromatic rings. The highest BCUT2D eigenvalue weighted by molar-refractivity contribution is 5.87. The molecule has 0 fully saturated rings. The first-order valence-corrected chi connectivity index (χ1v) is 12.7. The molecule has 0 saturated carbocycles. The minimum Gasteiger partial charge on any atom is -0.345 e. The van der Waals surface area contributed by atoms with Gasteiger partial charge in [-0.25, -0.2) is 0 Å². The van der Waals surface area contributed by atoms with Crippen LogP contribution in [0.3, 0.4) is 0 Å². The van der Waals surface area contributed by atoms with Crippen LogP contribution in [0.5, 0.6) is 0 Å². The fourth-order valence-electron chi connectivity index (χ4n) is 4.78. The van der Waals surface area contributed by atoms with Crippen LogP contribution in [0, 0.1) is 0 Å². The lowest BCUT2D eigenvalue weighted by molar-refractivity contribution is -0.129. The minimum absolute atomic E-state index is 0.115. The molecule has 37 heavy (non-hydrogen) atoms. The molecule has 0 saturated heterocycles. The molecule has 1 amide bonds. The maximum absolute atomic E-state index is 13.0. The second-order valence-electron chi connectivity index (χ2n) is 9.72. The number of hydrogen-bond donors (Lipinski definition) is 1. The van der Waals surface area contributed by atoms with E-state index in [0.29, 0.717) is 18.8 Å². The molecular weight excluding hydrogens is 460 g/mol. The fraction of sp³-hybridized carbons (Fsp3) is 0.267. The van der Waals surface area contributed by atoms with Gasteiger partial charge in [-0.1, -0.05) is 78.9 Å². The number of H-pyrrole nitrogens is 1. The second kappa shape index (κ2) is 11.2. The predicted molar refractivity (Wildman–Crippen MR) is 145 cm³/mol. The van der Waals surface area contributed by atoms with Gasteiger partial charge >= 0.3 is 0 Å². The van der Waals surface area contributed by atoms with E-state index in [1.807, 2.05) is 36.2 Å². The van der Waals surface area contributed by atoms with E-state index in [0.717, 1.165) is 30.5 Å². The number of aromatic nitrogens is 5. The number of likely N-dealkylation sites (N-methyl/N-ethyl adjacent to an activating group) is 1. The molecule has 1 atom stereocenters.